The summed E-state index contributed by atoms with van der Waals surface area (Å²) >= 11 is 0. The maximum absolute atomic E-state index is 11.9. The second-order valence-corrected chi connectivity index (χ2v) is 5.07. The van der Waals surface area contributed by atoms with Crippen LogP contribution in [0.25, 0.3) is 0 Å². The van der Waals surface area contributed by atoms with Crippen molar-refractivity contribution in [3.63, 3.8) is 0 Å². The first-order chi connectivity index (χ1) is 7.73. The maximum atomic E-state index is 11.9. The van der Waals surface area contributed by atoms with Crippen LogP contribution in [-0.4, -0.2) is 23.5 Å². The Hall–Kier alpha value is -1.19. The minimum atomic E-state index is -0.482. The third kappa shape index (κ3) is 6.87. The molecule has 0 aromatic rings. The van der Waals surface area contributed by atoms with E-state index in [2.05, 4.69) is 5.32 Å². The average Bonchev–Trinajstić information content (AvgIpc) is 2.14. The van der Waals surface area contributed by atoms with Crippen LogP contribution in [0.5, 0.6) is 0 Å². The predicted molar refractivity (Wildman–Crippen MR) is 66.5 cm³/mol. The lowest BCUT2D eigenvalue weighted by molar-refractivity contribution is -0.131. The highest BCUT2D eigenvalue weighted by Crippen LogP contribution is 2.16. The van der Waals surface area contributed by atoms with Gasteiger partial charge >= 0.3 is 0 Å². The summed E-state index contributed by atoms with van der Waals surface area (Å²) in [6.45, 7) is 8.59. The normalized spacial score (nSPS) is 14.2. The van der Waals surface area contributed by atoms with Gasteiger partial charge in [-0.3, -0.25) is 9.59 Å². The molecule has 0 saturated heterocycles. The molecule has 0 spiro atoms. The predicted octanol–water partition coefficient (Wildman–Crippen LogP) is 1.72. The molecule has 1 N–H and O–H groups in total. The van der Waals surface area contributed by atoms with E-state index in [4.69, 9.17) is 0 Å². The Morgan fingerprint density at radius 3 is 1.94 bits per heavy atom. The average molecular weight is 241 g/mol. The fourth-order valence-electron chi connectivity index (χ4n) is 1.63. The van der Waals surface area contributed by atoms with Crippen LogP contribution in [-0.2, 0) is 14.4 Å². The van der Waals surface area contributed by atoms with Gasteiger partial charge in [0.05, 0.1) is 6.04 Å². The molecule has 0 unspecified atom stereocenters. The van der Waals surface area contributed by atoms with E-state index in [0.717, 1.165) is 0 Å². The summed E-state index contributed by atoms with van der Waals surface area (Å²) in [7, 11) is 0. The molecule has 98 valence electrons. The van der Waals surface area contributed by atoms with Gasteiger partial charge in [-0.2, -0.15) is 0 Å². The molecular formula is C13H23NO3. The van der Waals surface area contributed by atoms with Crippen molar-refractivity contribution < 1.29 is 14.4 Å². The highest BCUT2D eigenvalue weighted by atomic mass is 16.2. The van der Waals surface area contributed by atoms with E-state index < -0.39 is 6.04 Å². The molecule has 4 heteroatoms. The van der Waals surface area contributed by atoms with Crippen LogP contribution >= 0.6 is 0 Å². The molecule has 0 saturated carbocycles. The first-order valence-electron chi connectivity index (χ1n) is 6.04. The molecular weight excluding hydrogens is 218 g/mol. The van der Waals surface area contributed by atoms with Gasteiger partial charge in [0.2, 0.25) is 5.91 Å². The smallest absolute Gasteiger partial charge is 0.224 e. The van der Waals surface area contributed by atoms with Gasteiger partial charge < -0.3 is 10.1 Å². The van der Waals surface area contributed by atoms with Crippen molar-refractivity contribution in [3.05, 3.63) is 0 Å². The first kappa shape index (κ1) is 15.8. The second kappa shape index (κ2) is 7.20. The Morgan fingerprint density at radius 1 is 1.06 bits per heavy atom. The number of carbonyl (C=O) groups excluding carboxylic acids is 3. The minimum Gasteiger partial charge on any atom is -0.346 e. The zero-order valence-electron chi connectivity index (χ0n) is 11.4. The van der Waals surface area contributed by atoms with E-state index in [1.165, 1.54) is 13.8 Å². The van der Waals surface area contributed by atoms with Gasteiger partial charge in [-0.05, 0) is 33.1 Å². The summed E-state index contributed by atoms with van der Waals surface area (Å²) < 4.78 is 0. The Labute approximate surface area is 103 Å². The summed E-state index contributed by atoms with van der Waals surface area (Å²) in [5.74, 6) is -0.255. The van der Waals surface area contributed by atoms with E-state index >= 15 is 0 Å². The third-order valence-electron chi connectivity index (χ3n) is 2.63. The molecule has 0 aliphatic heterocycles. The van der Waals surface area contributed by atoms with Gasteiger partial charge in [0.25, 0.3) is 0 Å². The largest absolute Gasteiger partial charge is 0.346 e. The van der Waals surface area contributed by atoms with Crippen molar-refractivity contribution in [3.8, 4) is 0 Å². The lowest BCUT2D eigenvalue weighted by Gasteiger charge is -2.19. The SMILES string of the molecule is CC(=O)C[C@@H](CC(C)C)C(=O)N[C@@H](C)C(C)=O. The highest BCUT2D eigenvalue weighted by Gasteiger charge is 2.23. The van der Waals surface area contributed by atoms with Gasteiger partial charge in [0.15, 0.2) is 5.78 Å². The van der Waals surface area contributed by atoms with Gasteiger partial charge in [0, 0.05) is 12.3 Å². The molecule has 0 aromatic carbocycles. The molecule has 17 heavy (non-hydrogen) atoms. The minimum absolute atomic E-state index is 0.00118. The topological polar surface area (TPSA) is 63.2 Å². The van der Waals surface area contributed by atoms with Crippen LogP contribution in [0.15, 0.2) is 0 Å². The zero-order chi connectivity index (χ0) is 13.6. The Morgan fingerprint density at radius 2 is 1.59 bits per heavy atom. The Bertz CT molecular complexity index is 297. The summed E-state index contributed by atoms with van der Waals surface area (Å²) in [4.78, 5) is 34.1. The molecule has 0 heterocycles. The van der Waals surface area contributed by atoms with Gasteiger partial charge in [-0.1, -0.05) is 13.8 Å². The van der Waals surface area contributed by atoms with Crippen molar-refractivity contribution in [2.45, 2.75) is 53.5 Å². The van der Waals surface area contributed by atoms with Crippen molar-refractivity contribution in [2.24, 2.45) is 11.8 Å². The molecule has 0 aliphatic rings. The third-order valence-corrected chi connectivity index (χ3v) is 2.63. The van der Waals surface area contributed by atoms with Gasteiger partial charge in [-0.15, -0.1) is 0 Å². The van der Waals surface area contributed by atoms with Crippen LogP contribution in [0.4, 0.5) is 0 Å². The van der Waals surface area contributed by atoms with Crippen LogP contribution in [0.3, 0.4) is 0 Å². The first-order valence-corrected chi connectivity index (χ1v) is 6.04. The Kier molecular flexibility index (Phi) is 6.69. The number of rotatable bonds is 7. The van der Waals surface area contributed by atoms with Crippen LogP contribution in [0, 0.1) is 11.8 Å². The molecule has 0 bridgehead atoms. The van der Waals surface area contributed by atoms with Crippen LogP contribution in [0.2, 0.25) is 0 Å². The summed E-state index contributed by atoms with van der Waals surface area (Å²) in [6.07, 6.45) is 0.907. The molecule has 0 fully saturated rings. The molecule has 2 atom stereocenters. The van der Waals surface area contributed by atoms with E-state index in [1.807, 2.05) is 13.8 Å². The number of nitrogens with one attached hydrogen (secondary N) is 1. The number of amides is 1. The molecule has 4 nitrogen and oxygen atoms in total. The lowest BCUT2D eigenvalue weighted by atomic mass is 9.91. The fraction of sp³-hybridized carbons (Fsp3) is 0.769. The summed E-state index contributed by atoms with van der Waals surface area (Å²) in [5.41, 5.74) is 0. The van der Waals surface area contributed by atoms with E-state index in [9.17, 15) is 14.4 Å². The van der Waals surface area contributed by atoms with Gasteiger partial charge in [-0.25, -0.2) is 0 Å². The summed E-state index contributed by atoms with van der Waals surface area (Å²) in [6, 6.07) is -0.482. The molecule has 0 radical (unpaired) electrons. The maximum Gasteiger partial charge on any atom is 0.224 e. The highest BCUT2D eigenvalue weighted by molar-refractivity contribution is 5.90. The Balaban J connectivity index is 4.51. The number of hydrogen-bond donors (Lipinski definition) is 1. The van der Waals surface area contributed by atoms with Gasteiger partial charge in [0.1, 0.15) is 5.78 Å². The van der Waals surface area contributed by atoms with Crippen LogP contribution < -0.4 is 5.32 Å². The molecule has 0 aliphatic carbocycles. The molecule has 0 aromatic heterocycles. The zero-order valence-corrected chi connectivity index (χ0v) is 11.4. The van der Waals surface area contributed by atoms with Crippen LogP contribution in [0.1, 0.15) is 47.5 Å². The number of ketones is 2. The van der Waals surface area contributed by atoms with Crippen molar-refractivity contribution in [1.29, 1.82) is 0 Å². The standard InChI is InChI=1S/C13H23NO3/c1-8(2)6-12(7-9(3)15)13(17)14-10(4)11(5)16/h8,10,12H,6-7H2,1-5H3,(H,14,17)/t10-,12+/m0/s1. The number of hydrogen-bond acceptors (Lipinski definition) is 3. The van der Waals surface area contributed by atoms with Crippen molar-refractivity contribution in [2.75, 3.05) is 0 Å². The lowest BCUT2D eigenvalue weighted by Crippen LogP contribution is -2.41. The summed E-state index contributed by atoms with van der Waals surface area (Å²) in [5, 5.41) is 2.65. The molecule has 0 rings (SSSR count). The monoisotopic (exact) mass is 241 g/mol. The van der Waals surface area contributed by atoms with E-state index in [-0.39, 0.29) is 29.8 Å². The molecule has 1 amide bonds. The van der Waals surface area contributed by atoms with Crippen molar-refractivity contribution in [1.82, 2.24) is 5.32 Å². The second-order valence-electron chi connectivity index (χ2n) is 5.07. The fourth-order valence-corrected chi connectivity index (χ4v) is 1.63. The van der Waals surface area contributed by atoms with E-state index in [0.29, 0.717) is 12.3 Å². The van der Waals surface area contributed by atoms with E-state index in [1.54, 1.807) is 6.92 Å². The quantitative estimate of drug-likeness (QED) is 0.738. The number of carbonyl (C=O) groups is 3. The number of Topliss-reactive ketones (excluding diaryl/α,β-unsaturated/α-hetero) is 2. The van der Waals surface area contributed by atoms with Crippen molar-refractivity contribution >= 4 is 17.5 Å².